The van der Waals surface area contributed by atoms with Gasteiger partial charge in [0, 0.05) is 25.0 Å². The van der Waals surface area contributed by atoms with Crippen LogP contribution >= 0.6 is 0 Å². The molecule has 2 aromatic rings. The third kappa shape index (κ3) is 4.13. The fourth-order valence-electron chi connectivity index (χ4n) is 2.74. The van der Waals surface area contributed by atoms with Crippen molar-refractivity contribution in [2.75, 3.05) is 6.54 Å². The van der Waals surface area contributed by atoms with Gasteiger partial charge in [0.1, 0.15) is 0 Å². The monoisotopic (exact) mass is 283 g/mol. The zero-order valence-corrected chi connectivity index (χ0v) is 12.9. The van der Waals surface area contributed by atoms with Crippen LogP contribution in [0.5, 0.6) is 0 Å². The Hall–Kier alpha value is -1.71. The maximum atomic E-state index is 6.42. The van der Waals surface area contributed by atoms with Crippen LogP contribution in [0.15, 0.2) is 54.9 Å². The lowest BCUT2D eigenvalue weighted by molar-refractivity contribution is 0.169. The maximum Gasteiger partial charge on any atom is 0.0503 e. The molecular formula is C18H25N3. The van der Waals surface area contributed by atoms with E-state index < -0.39 is 0 Å². The molecule has 0 aliphatic carbocycles. The summed E-state index contributed by atoms with van der Waals surface area (Å²) in [6.45, 7) is 6.22. The van der Waals surface area contributed by atoms with Gasteiger partial charge in [-0.1, -0.05) is 44.2 Å². The SMILES string of the molecule is CCC(N)C(c1ccncc1)N(CC)Cc1ccccc1. The number of pyridine rings is 1. The number of hydrogen-bond acceptors (Lipinski definition) is 3. The molecule has 0 bridgehead atoms. The van der Waals surface area contributed by atoms with Crippen molar-refractivity contribution in [1.29, 1.82) is 0 Å². The summed E-state index contributed by atoms with van der Waals surface area (Å²) in [6.07, 6.45) is 4.65. The van der Waals surface area contributed by atoms with E-state index in [0.717, 1.165) is 19.5 Å². The van der Waals surface area contributed by atoms with E-state index in [1.165, 1.54) is 11.1 Å². The first kappa shape index (κ1) is 15.7. The Balaban J connectivity index is 2.25. The van der Waals surface area contributed by atoms with E-state index in [4.69, 9.17) is 5.73 Å². The van der Waals surface area contributed by atoms with Crippen LogP contribution in [0.1, 0.15) is 37.4 Å². The molecule has 0 aliphatic rings. The highest BCUT2D eigenvalue weighted by atomic mass is 15.2. The number of likely N-dealkylation sites (N-methyl/N-ethyl adjacent to an activating group) is 1. The summed E-state index contributed by atoms with van der Waals surface area (Å²) in [5.74, 6) is 0. The largest absolute Gasteiger partial charge is 0.326 e. The molecule has 112 valence electrons. The van der Waals surface area contributed by atoms with Crippen molar-refractivity contribution < 1.29 is 0 Å². The fraction of sp³-hybridized carbons (Fsp3) is 0.389. The summed E-state index contributed by atoms with van der Waals surface area (Å²) < 4.78 is 0. The Morgan fingerprint density at radius 3 is 2.29 bits per heavy atom. The molecule has 3 heteroatoms. The van der Waals surface area contributed by atoms with Crippen LogP contribution in [0.25, 0.3) is 0 Å². The maximum absolute atomic E-state index is 6.42. The van der Waals surface area contributed by atoms with Gasteiger partial charge in [0.05, 0.1) is 6.04 Å². The summed E-state index contributed by atoms with van der Waals surface area (Å²) >= 11 is 0. The van der Waals surface area contributed by atoms with E-state index in [1.54, 1.807) is 0 Å². The first-order valence-electron chi connectivity index (χ1n) is 7.69. The molecule has 21 heavy (non-hydrogen) atoms. The van der Waals surface area contributed by atoms with E-state index >= 15 is 0 Å². The number of rotatable bonds is 7. The van der Waals surface area contributed by atoms with Gasteiger partial charge in [-0.15, -0.1) is 0 Å². The zero-order chi connectivity index (χ0) is 15.1. The molecule has 3 nitrogen and oxygen atoms in total. The van der Waals surface area contributed by atoms with Crippen LogP contribution in [0.3, 0.4) is 0 Å². The molecule has 0 saturated heterocycles. The summed E-state index contributed by atoms with van der Waals surface area (Å²) in [6, 6.07) is 15.1. The summed E-state index contributed by atoms with van der Waals surface area (Å²) in [5.41, 5.74) is 8.99. The fourth-order valence-corrected chi connectivity index (χ4v) is 2.74. The summed E-state index contributed by atoms with van der Waals surface area (Å²) in [4.78, 5) is 6.57. The molecule has 0 aliphatic heterocycles. The molecule has 2 N–H and O–H groups in total. The van der Waals surface area contributed by atoms with E-state index in [0.29, 0.717) is 0 Å². The molecule has 2 rings (SSSR count). The smallest absolute Gasteiger partial charge is 0.0503 e. The topological polar surface area (TPSA) is 42.1 Å². The van der Waals surface area contributed by atoms with Crippen molar-refractivity contribution in [3.8, 4) is 0 Å². The molecule has 1 aromatic carbocycles. The lowest BCUT2D eigenvalue weighted by Crippen LogP contribution is -2.40. The van der Waals surface area contributed by atoms with Crippen molar-refractivity contribution in [1.82, 2.24) is 9.88 Å². The minimum absolute atomic E-state index is 0.121. The molecule has 0 amide bonds. The Morgan fingerprint density at radius 2 is 1.71 bits per heavy atom. The van der Waals surface area contributed by atoms with Gasteiger partial charge in [0.25, 0.3) is 0 Å². The van der Waals surface area contributed by atoms with Crippen LogP contribution in [0, 0.1) is 0 Å². The van der Waals surface area contributed by atoms with Crippen LogP contribution in [0.4, 0.5) is 0 Å². The molecule has 0 spiro atoms. The van der Waals surface area contributed by atoms with E-state index in [2.05, 4.69) is 66.2 Å². The van der Waals surface area contributed by atoms with Gasteiger partial charge in [-0.3, -0.25) is 9.88 Å². The molecule has 1 heterocycles. The van der Waals surface area contributed by atoms with Gasteiger partial charge in [0.15, 0.2) is 0 Å². The lowest BCUT2D eigenvalue weighted by Gasteiger charge is -2.35. The summed E-state index contributed by atoms with van der Waals surface area (Å²) in [7, 11) is 0. The Morgan fingerprint density at radius 1 is 1.05 bits per heavy atom. The predicted octanol–water partition coefficient (Wildman–Crippen LogP) is 3.38. The van der Waals surface area contributed by atoms with Crippen molar-refractivity contribution in [2.45, 2.75) is 38.9 Å². The van der Waals surface area contributed by atoms with Crippen molar-refractivity contribution in [3.05, 3.63) is 66.0 Å². The highest BCUT2D eigenvalue weighted by Gasteiger charge is 2.24. The van der Waals surface area contributed by atoms with Gasteiger partial charge in [-0.25, -0.2) is 0 Å². The molecule has 0 radical (unpaired) electrons. The molecule has 2 atom stereocenters. The van der Waals surface area contributed by atoms with Crippen molar-refractivity contribution >= 4 is 0 Å². The Bertz CT molecular complexity index is 513. The Labute approximate surface area is 127 Å². The second kappa shape index (κ2) is 7.91. The number of benzene rings is 1. The first-order valence-corrected chi connectivity index (χ1v) is 7.69. The van der Waals surface area contributed by atoms with Crippen molar-refractivity contribution in [3.63, 3.8) is 0 Å². The first-order chi connectivity index (χ1) is 10.3. The van der Waals surface area contributed by atoms with Gasteiger partial charge in [-0.05, 0) is 36.2 Å². The molecule has 2 unspecified atom stereocenters. The van der Waals surface area contributed by atoms with Crippen LogP contribution in [0.2, 0.25) is 0 Å². The molecule has 0 fully saturated rings. The lowest BCUT2D eigenvalue weighted by atomic mass is 9.96. The molecule has 1 aromatic heterocycles. The third-order valence-corrected chi connectivity index (χ3v) is 3.95. The van der Waals surface area contributed by atoms with E-state index in [1.807, 2.05) is 12.4 Å². The highest BCUT2D eigenvalue weighted by molar-refractivity contribution is 5.19. The van der Waals surface area contributed by atoms with E-state index in [9.17, 15) is 0 Å². The average Bonchev–Trinajstić information content (AvgIpc) is 2.56. The van der Waals surface area contributed by atoms with E-state index in [-0.39, 0.29) is 12.1 Å². The van der Waals surface area contributed by atoms with Gasteiger partial charge >= 0.3 is 0 Å². The summed E-state index contributed by atoms with van der Waals surface area (Å²) in [5, 5.41) is 0. The minimum atomic E-state index is 0.121. The molecular weight excluding hydrogens is 258 g/mol. The average molecular weight is 283 g/mol. The molecule has 0 saturated carbocycles. The second-order valence-corrected chi connectivity index (χ2v) is 5.35. The Kier molecular flexibility index (Phi) is 5.90. The van der Waals surface area contributed by atoms with Gasteiger partial charge in [0.2, 0.25) is 0 Å². The predicted molar refractivity (Wildman–Crippen MR) is 87.8 cm³/mol. The minimum Gasteiger partial charge on any atom is -0.326 e. The number of hydrogen-bond donors (Lipinski definition) is 1. The van der Waals surface area contributed by atoms with Gasteiger partial charge in [-0.2, -0.15) is 0 Å². The quantitative estimate of drug-likeness (QED) is 0.847. The number of aromatic nitrogens is 1. The second-order valence-electron chi connectivity index (χ2n) is 5.35. The zero-order valence-electron chi connectivity index (χ0n) is 12.9. The van der Waals surface area contributed by atoms with Crippen LogP contribution in [-0.4, -0.2) is 22.5 Å². The normalized spacial score (nSPS) is 14.1. The number of nitrogens with zero attached hydrogens (tertiary/aromatic N) is 2. The number of nitrogens with two attached hydrogens (primary N) is 1. The standard InChI is InChI=1S/C18H25N3/c1-3-17(19)18(16-10-12-20-13-11-16)21(4-2)14-15-8-6-5-7-9-15/h5-13,17-18H,3-4,14,19H2,1-2H3. The highest BCUT2D eigenvalue weighted by Crippen LogP contribution is 2.26. The van der Waals surface area contributed by atoms with Gasteiger partial charge < -0.3 is 5.73 Å². The van der Waals surface area contributed by atoms with Crippen LogP contribution < -0.4 is 5.73 Å². The van der Waals surface area contributed by atoms with Crippen LogP contribution in [-0.2, 0) is 6.54 Å². The third-order valence-electron chi connectivity index (χ3n) is 3.95. The van der Waals surface area contributed by atoms with Crippen molar-refractivity contribution in [2.24, 2.45) is 5.73 Å².